The highest BCUT2D eigenvalue weighted by atomic mass is 32.1. The van der Waals surface area contributed by atoms with Crippen LogP contribution in [-0.4, -0.2) is 39.9 Å². The second-order valence-corrected chi connectivity index (χ2v) is 6.01. The van der Waals surface area contributed by atoms with Gasteiger partial charge in [-0.15, -0.1) is 0 Å². The molecule has 6 heteroatoms. The molecule has 114 valence electrons. The number of nitrogens with one attached hydrogen (secondary N) is 1. The SMILES string of the molecule is Cc1cc(C)c(C(N)=S)c(NC(C)C(=O)N2CCCC2)n1. The number of carbonyl (C=O) groups is 1. The van der Waals surface area contributed by atoms with Gasteiger partial charge in [-0.2, -0.15) is 0 Å². The number of rotatable bonds is 4. The van der Waals surface area contributed by atoms with E-state index in [2.05, 4.69) is 10.3 Å². The average molecular weight is 306 g/mol. The smallest absolute Gasteiger partial charge is 0.244 e. The molecule has 1 aromatic heterocycles. The fourth-order valence-corrected chi connectivity index (χ4v) is 2.99. The molecule has 0 radical (unpaired) electrons. The van der Waals surface area contributed by atoms with Crippen LogP contribution >= 0.6 is 12.2 Å². The Morgan fingerprint density at radius 3 is 2.62 bits per heavy atom. The molecule has 1 atom stereocenters. The van der Waals surface area contributed by atoms with Gasteiger partial charge in [0.05, 0.1) is 5.56 Å². The number of amides is 1. The Bertz CT molecular complexity index is 567. The number of aromatic nitrogens is 1. The standard InChI is InChI=1S/C15H22N4OS/c1-9-8-10(2)17-14(12(9)13(16)21)18-11(3)15(20)19-6-4-5-7-19/h8,11H,4-7H2,1-3H3,(H2,16,21)(H,17,18). The van der Waals surface area contributed by atoms with Crippen LogP contribution in [0.4, 0.5) is 5.82 Å². The highest BCUT2D eigenvalue weighted by Gasteiger charge is 2.24. The first-order chi connectivity index (χ1) is 9.90. The van der Waals surface area contributed by atoms with E-state index in [1.54, 1.807) is 0 Å². The van der Waals surface area contributed by atoms with Gasteiger partial charge in [0.2, 0.25) is 5.91 Å². The van der Waals surface area contributed by atoms with Gasteiger partial charge in [0, 0.05) is 18.8 Å². The number of hydrogen-bond acceptors (Lipinski definition) is 4. The zero-order chi connectivity index (χ0) is 15.6. The predicted molar refractivity (Wildman–Crippen MR) is 88.5 cm³/mol. The van der Waals surface area contributed by atoms with Crippen molar-refractivity contribution in [1.29, 1.82) is 0 Å². The molecule has 1 aliphatic rings. The summed E-state index contributed by atoms with van der Waals surface area (Å²) < 4.78 is 0. The lowest BCUT2D eigenvalue weighted by molar-refractivity contribution is -0.130. The van der Waals surface area contributed by atoms with Gasteiger partial charge in [-0.3, -0.25) is 4.79 Å². The maximum absolute atomic E-state index is 12.4. The van der Waals surface area contributed by atoms with E-state index in [4.69, 9.17) is 18.0 Å². The van der Waals surface area contributed by atoms with Crippen molar-refractivity contribution in [2.45, 2.75) is 39.7 Å². The van der Waals surface area contributed by atoms with Crippen LogP contribution in [-0.2, 0) is 4.79 Å². The molecule has 2 heterocycles. The Morgan fingerprint density at radius 1 is 1.43 bits per heavy atom. The number of thiocarbonyl (C=S) groups is 1. The summed E-state index contributed by atoms with van der Waals surface area (Å²) in [6.45, 7) is 7.39. The molecule has 0 aromatic carbocycles. The molecule has 1 aliphatic heterocycles. The van der Waals surface area contributed by atoms with Crippen molar-refractivity contribution >= 4 is 28.9 Å². The van der Waals surface area contributed by atoms with Crippen LogP contribution in [0, 0.1) is 13.8 Å². The first-order valence-electron chi connectivity index (χ1n) is 7.23. The maximum Gasteiger partial charge on any atom is 0.244 e. The third-order valence-corrected chi connectivity index (χ3v) is 3.94. The number of nitrogens with two attached hydrogens (primary N) is 1. The first kappa shape index (κ1) is 15.7. The van der Waals surface area contributed by atoms with E-state index in [-0.39, 0.29) is 11.9 Å². The third-order valence-electron chi connectivity index (χ3n) is 3.73. The van der Waals surface area contributed by atoms with E-state index in [9.17, 15) is 4.79 Å². The molecule has 1 unspecified atom stereocenters. The van der Waals surface area contributed by atoms with Crippen LogP contribution in [0.15, 0.2) is 6.07 Å². The monoisotopic (exact) mass is 306 g/mol. The minimum Gasteiger partial charge on any atom is -0.389 e. The lowest BCUT2D eigenvalue weighted by Crippen LogP contribution is -2.40. The van der Waals surface area contributed by atoms with Crippen LogP contribution < -0.4 is 11.1 Å². The molecule has 1 saturated heterocycles. The van der Waals surface area contributed by atoms with Crippen molar-refractivity contribution in [2.75, 3.05) is 18.4 Å². The fourth-order valence-electron chi connectivity index (χ4n) is 2.73. The molecule has 0 saturated carbocycles. The molecular weight excluding hydrogens is 284 g/mol. The van der Waals surface area contributed by atoms with E-state index in [1.165, 1.54) is 0 Å². The van der Waals surface area contributed by atoms with Gasteiger partial charge in [0.15, 0.2) is 0 Å². The number of pyridine rings is 1. The van der Waals surface area contributed by atoms with E-state index in [1.807, 2.05) is 31.7 Å². The largest absolute Gasteiger partial charge is 0.389 e. The van der Waals surface area contributed by atoms with Crippen LogP contribution in [0.3, 0.4) is 0 Å². The zero-order valence-electron chi connectivity index (χ0n) is 12.8. The van der Waals surface area contributed by atoms with Gasteiger partial charge in [-0.25, -0.2) is 4.98 Å². The van der Waals surface area contributed by atoms with E-state index in [0.717, 1.165) is 42.8 Å². The molecule has 21 heavy (non-hydrogen) atoms. The van der Waals surface area contributed by atoms with Crippen molar-refractivity contribution in [2.24, 2.45) is 5.73 Å². The minimum atomic E-state index is -0.343. The van der Waals surface area contributed by atoms with Crippen molar-refractivity contribution in [3.8, 4) is 0 Å². The molecule has 1 fully saturated rings. The number of hydrogen-bond donors (Lipinski definition) is 2. The van der Waals surface area contributed by atoms with Crippen LogP contribution in [0.25, 0.3) is 0 Å². The summed E-state index contributed by atoms with van der Waals surface area (Å²) in [4.78, 5) is 19.0. The topological polar surface area (TPSA) is 71.2 Å². The summed E-state index contributed by atoms with van der Waals surface area (Å²) in [7, 11) is 0. The average Bonchev–Trinajstić information content (AvgIpc) is 2.89. The molecule has 2 rings (SSSR count). The molecule has 3 N–H and O–H groups in total. The highest BCUT2D eigenvalue weighted by Crippen LogP contribution is 2.20. The number of likely N-dealkylation sites (tertiary alicyclic amines) is 1. The van der Waals surface area contributed by atoms with Crippen molar-refractivity contribution in [3.63, 3.8) is 0 Å². The van der Waals surface area contributed by atoms with Crippen LogP contribution in [0.1, 0.15) is 36.6 Å². The summed E-state index contributed by atoms with van der Waals surface area (Å²) in [6, 6.07) is 1.59. The van der Waals surface area contributed by atoms with Crippen molar-refractivity contribution in [3.05, 3.63) is 22.9 Å². The van der Waals surface area contributed by atoms with Gasteiger partial charge >= 0.3 is 0 Å². The van der Waals surface area contributed by atoms with Crippen molar-refractivity contribution in [1.82, 2.24) is 9.88 Å². The van der Waals surface area contributed by atoms with E-state index < -0.39 is 0 Å². The van der Waals surface area contributed by atoms with Crippen LogP contribution in [0.2, 0.25) is 0 Å². The summed E-state index contributed by atoms with van der Waals surface area (Å²) >= 11 is 5.11. The molecule has 1 amide bonds. The second kappa shape index (κ2) is 6.39. The van der Waals surface area contributed by atoms with E-state index in [0.29, 0.717) is 10.8 Å². The maximum atomic E-state index is 12.4. The molecule has 0 aliphatic carbocycles. The van der Waals surface area contributed by atoms with Gasteiger partial charge in [0.1, 0.15) is 16.8 Å². The number of anilines is 1. The van der Waals surface area contributed by atoms with Crippen molar-refractivity contribution < 1.29 is 4.79 Å². The van der Waals surface area contributed by atoms with Crippen LogP contribution in [0.5, 0.6) is 0 Å². The normalized spacial score (nSPS) is 15.9. The molecular formula is C15H22N4OS. The molecule has 0 bridgehead atoms. The summed E-state index contributed by atoms with van der Waals surface area (Å²) in [5, 5.41) is 3.18. The Morgan fingerprint density at radius 2 is 2.05 bits per heavy atom. The second-order valence-electron chi connectivity index (χ2n) is 5.57. The van der Waals surface area contributed by atoms with Gasteiger partial charge < -0.3 is 16.0 Å². The molecule has 5 nitrogen and oxygen atoms in total. The third kappa shape index (κ3) is 3.50. The Hall–Kier alpha value is -1.69. The Labute approximate surface area is 130 Å². The highest BCUT2D eigenvalue weighted by molar-refractivity contribution is 7.80. The Kier molecular flexibility index (Phi) is 4.77. The summed E-state index contributed by atoms with van der Waals surface area (Å²) in [6.07, 6.45) is 2.16. The summed E-state index contributed by atoms with van der Waals surface area (Å²) in [5.41, 5.74) is 8.36. The van der Waals surface area contributed by atoms with E-state index >= 15 is 0 Å². The van der Waals surface area contributed by atoms with Gasteiger partial charge in [-0.05, 0) is 45.2 Å². The van der Waals surface area contributed by atoms with Gasteiger partial charge in [-0.1, -0.05) is 12.2 Å². The zero-order valence-corrected chi connectivity index (χ0v) is 13.6. The molecule has 1 aromatic rings. The lowest BCUT2D eigenvalue weighted by atomic mass is 10.1. The lowest BCUT2D eigenvalue weighted by Gasteiger charge is -2.23. The first-order valence-corrected chi connectivity index (χ1v) is 7.64. The number of aryl methyl sites for hydroxylation is 2. The number of nitrogens with zero attached hydrogens (tertiary/aromatic N) is 2. The Balaban J connectivity index is 2.22. The molecule has 0 spiro atoms. The number of carbonyl (C=O) groups excluding carboxylic acids is 1. The van der Waals surface area contributed by atoms with Gasteiger partial charge in [0.25, 0.3) is 0 Å². The predicted octanol–water partition coefficient (Wildman–Crippen LogP) is 1.76. The fraction of sp³-hybridized carbons (Fsp3) is 0.533. The minimum absolute atomic E-state index is 0.0994. The quantitative estimate of drug-likeness (QED) is 0.829. The summed E-state index contributed by atoms with van der Waals surface area (Å²) in [5.74, 6) is 0.697.